The van der Waals surface area contributed by atoms with Crippen molar-refractivity contribution in [2.24, 2.45) is 0 Å². The highest BCUT2D eigenvalue weighted by molar-refractivity contribution is 6.00. The van der Waals surface area contributed by atoms with E-state index in [4.69, 9.17) is 4.52 Å². The highest BCUT2D eigenvalue weighted by Gasteiger charge is 2.40. The number of carbonyl (C=O) groups excluding carboxylic acids is 1. The number of anilines is 3. The number of nitrogens with zero attached hydrogens (tertiary/aromatic N) is 4. The first-order valence-corrected chi connectivity index (χ1v) is 11.3. The van der Waals surface area contributed by atoms with Gasteiger partial charge in [0.05, 0.1) is 29.4 Å². The number of fused-ring (bicyclic) bond motifs is 1. The average Bonchev–Trinajstić information content (AvgIpc) is 3.46. The molecule has 1 atom stereocenters. The number of aromatic nitrogens is 3. The van der Waals surface area contributed by atoms with Crippen LogP contribution < -0.4 is 10.6 Å². The Labute approximate surface area is 202 Å². The highest BCUT2D eigenvalue weighted by Crippen LogP contribution is 2.39. The summed E-state index contributed by atoms with van der Waals surface area (Å²) in [7, 11) is 1.81. The molecule has 0 unspecified atom stereocenters. The van der Waals surface area contributed by atoms with Crippen molar-refractivity contribution in [1.29, 1.82) is 0 Å². The summed E-state index contributed by atoms with van der Waals surface area (Å²) in [4.78, 5) is 23.0. The standard InChI is InChI=1S/C26H26N6O3/c1-26(2)20-11-17(9-10-18(20)25(34)32(26)3)30-23-12-21(19(13-27-23)24-28-15-29-35-24)31-22(14-33)16-7-5-4-6-8-16/h4-13,15,22,33H,14H2,1-3H3,(H2,27,30,31)/t22-/m1/s1. The van der Waals surface area contributed by atoms with E-state index in [1.165, 1.54) is 6.33 Å². The van der Waals surface area contributed by atoms with E-state index in [2.05, 4.69) is 25.8 Å². The lowest BCUT2D eigenvalue weighted by Gasteiger charge is -2.28. The number of aliphatic hydroxyl groups excluding tert-OH is 1. The van der Waals surface area contributed by atoms with Crippen LogP contribution in [0.3, 0.4) is 0 Å². The van der Waals surface area contributed by atoms with Crippen molar-refractivity contribution in [3.63, 3.8) is 0 Å². The Hall–Kier alpha value is -4.24. The maximum atomic E-state index is 12.6. The molecule has 0 saturated heterocycles. The zero-order valence-corrected chi connectivity index (χ0v) is 19.7. The molecule has 0 fully saturated rings. The molecule has 35 heavy (non-hydrogen) atoms. The predicted octanol–water partition coefficient (Wildman–Crippen LogP) is 4.34. The second-order valence-electron chi connectivity index (χ2n) is 8.96. The Kier molecular flexibility index (Phi) is 5.70. The van der Waals surface area contributed by atoms with Crippen LogP contribution in [-0.4, -0.2) is 44.7 Å². The van der Waals surface area contributed by atoms with Gasteiger partial charge in [-0.25, -0.2) is 4.98 Å². The van der Waals surface area contributed by atoms with Gasteiger partial charge in [0.1, 0.15) is 5.82 Å². The van der Waals surface area contributed by atoms with Gasteiger partial charge >= 0.3 is 0 Å². The number of hydrogen-bond donors (Lipinski definition) is 3. The van der Waals surface area contributed by atoms with Crippen LogP contribution >= 0.6 is 0 Å². The molecule has 1 aliphatic heterocycles. The van der Waals surface area contributed by atoms with Gasteiger partial charge in [0.2, 0.25) is 0 Å². The van der Waals surface area contributed by atoms with Crippen LogP contribution in [0.1, 0.15) is 41.4 Å². The van der Waals surface area contributed by atoms with Crippen molar-refractivity contribution in [3.8, 4) is 11.5 Å². The minimum atomic E-state index is -0.407. The second-order valence-corrected chi connectivity index (χ2v) is 8.96. The summed E-state index contributed by atoms with van der Waals surface area (Å²) in [6.45, 7) is 3.94. The van der Waals surface area contributed by atoms with Gasteiger partial charge in [-0.1, -0.05) is 35.5 Å². The summed E-state index contributed by atoms with van der Waals surface area (Å²) in [5.41, 5.74) is 4.30. The van der Waals surface area contributed by atoms with E-state index < -0.39 is 5.54 Å². The van der Waals surface area contributed by atoms with Gasteiger partial charge in [0, 0.05) is 30.6 Å². The Morgan fingerprint density at radius 2 is 1.89 bits per heavy atom. The molecule has 4 aromatic rings. The third kappa shape index (κ3) is 4.10. The van der Waals surface area contributed by atoms with Crippen LogP contribution in [-0.2, 0) is 5.54 Å². The molecule has 0 saturated carbocycles. The largest absolute Gasteiger partial charge is 0.394 e. The van der Waals surface area contributed by atoms with Crippen molar-refractivity contribution in [1.82, 2.24) is 20.0 Å². The number of pyridine rings is 1. The van der Waals surface area contributed by atoms with Crippen molar-refractivity contribution < 1.29 is 14.4 Å². The Bertz CT molecular complexity index is 1360. The minimum absolute atomic E-state index is 0.0148. The monoisotopic (exact) mass is 470 g/mol. The maximum Gasteiger partial charge on any atom is 0.261 e. The fourth-order valence-electron chi connectivity index (χ4n) is 4.29. The predicted molar refractivity (Wildman–Crippen MR) is 132 cm³/mol. The molecule has 9 heteroatoms. The molecule has 1 amide bonds. The van der Waals surface area contributed by atoms with Crippen LogP contribution in [0.4, 0.5) is 17.2 Å². The molecule has 0 aliphatic carbocycles. The molecule has 2 aromatic carbocycles. The molecule has 1 aliphatic rings. The molecule has 9 nitrogen and oxygen atoms in total. The first-order valence-electron chi connectivity index (χ1n) is 11.3. The fourth-order valence-corrected chi connectivity index (χ4v) is 4.29. The number of amides is 1. The number of benzene rings is 2. The Morgan fingerprint density at radius 1 is 1.09 bits per heavy atom. The van der Waals surface area contributed by atoms with Crippen molar-refractivity contribution in [2.75, 3.05) is 24.3 Å². The molecule has 2 aromatic heterocycles. The van der Waals surface area contributed by atoms with E-state index in [1.807, 2.05) is 75.5 Å². The summed E-state index contributed by atoms with van der Waals surface area (Å²) in [6.07, 6.45) is 2.98. The van der Waals surface area contributed by atoms with Gasteiger partial charge in [-0.3, -0.25) is 4.79 Å². The summed E-state index contributed by atoms with van der Waals surface area (Å²) in [5, 5.41) is 20.5. The smallest absolute Gasteiger partial charge is 0.261 e. The van der Waals surface area contributed by atoms with Crippen molar-refractivity contribution in [3.05, 3.63) is 83.8 Å². The van der Waals surface area contributed by atoms with E-state index in [1.54, 1.807) is 11.1 Å². The van der Waals surface area contributed by atoms with Crippen LogP contribution in [0.15, 0.2) is 71.6 Å². The summed E-state index contributed by atoms with van der Waals surface area (Å²) in [6, 6.07) is 16.9. The van der Waals surface area contributed by atoms with E-state index in [-0.39, 0.29) is 18.6 Å². The van der Waals surface area contributed by atoms with Crippen LogP contribution in [0, 0.1) is 0 Å². The van der Waals surface area contributed by atoms with E-state index in [0.717, 1.165) is 16.8 Å². The zero-order valence-electron chi connectivity index (χ0n) is 19.7. The zero-order chi connectivity index (χ0) is 24.6. The van der Waals surface area contributed by atoms with Crippen LogP contribution in [0.5, 0.6) is 0 Å². The molecule has 0 bridgehead atoms. The topological polar surface area (TPSA) is 116 Å². The quantitative estimate of drug-likeness (QED) is 0.365. The number of aliphatic hydroxyl groups is 1. The van der Waals surface area contributed by atoms with Gasteiger partial charge in [0.25, 0.3) is 11.8 Å². The summed E-state index contributed by atoms with van der Waals surface area (Å²) >= 11 is 0. The Balaban J connectivity index is 1.49. The molecule has 0 spiro atoms. The highest BCUT2D eigenvalue weighted by atomic mass is 16.5. The SMILES string of the molecule is CN1C(=O)c2ccc(Nc3cc(N[C@H](CO)c4ccccc4)c(-c4ncno4)cn3)cc2C1(C)C. The number of hydrogen-bond acceptors (Lipinski definition) is 8. The third-order valence-electron chi connectivity index (χ3n) is 6.53. The lowest BCUT2D eigenvalue weighted by Crippen LogP contribution is -2.35. The van der Waals surface area contributed by atoms with Crippen LogP contribution in [0.25, 0.3) is 11.5 Å². The van der Waals surface area contributed by atoms with Crippen molar-refractivity contribution in [2.45, 2.75) is 25.4 Å². The van der Waals surface area contributed by atoms with Gasteiger partial charge in [-0.05, 0) is 43.2 Å². The first-order chi connectivity index (χ1) is 16.9. The molecule has 3 N–H and O–H groups in total. The molecular weight excluding hydrogens is 444 g/mol. The molecular formula is C26H26N6O3. The number of rotatable bonds is 7. The lowest BCUT2D eigenvalue weighted by molar-refractivity contribution is 0.0691. The normalized spacial score (nSPS) is 15.1. The average molecular weight is 471 g/mol. The molecule has 178 valence electrons. The van der Waals surface area contributed by atoms with E-state index in [9.17, 15) is 9.90 Å². The van der Waals surface area contributed by atoms with E-state index >= 15 is 0 Å². The third-order valence-corrected chi connectivity index (χ3v) is 6.53. The van der Waals surface area contributed by atoms with Gasteiger partial charge in [-0.15, -0.1) is 0 Å². The number of carbonyl (C=O) groups is 1. The lowest BCUT2D eigenvalue weighted by atomic mass is 9.93. The summed E-state index contributed by atoms with van der Waals surface area (Å²) in [5.74, 6) is 0.911. The molecule has 0 radical (unpaired) electrons. The van der Waals surface area contributed by atoms with Gasteiger partial charge < -0.3 is 25.2 Å². The van der Waals surface area contributed by atoms with Gasteiger partial charge in [0.15, 0.2) is 6.33 Å². The van der Waals surface area contributed by atoms with Crippen LogP contribution in [0.2, 0.25) is 0 Å². The van der Waals surface area contributed by atoms with Gasteiger partial charge in [-0.2, -0.15) is 4.98 Å². The van der Waals surface area contributed by atoms with E-state index in [0.29, 0.717) is 28.5 Å². The molecule has 3 heterocycles. The summed E-state index contributed by atoms with van der Waals surface area (Å²) < 4.78 is 5.27. The fraction of sp³-hybridized carbons (Fsp3) is 0.231. The Morgan fingerprint density at radius 3 is 2.60 bits per heavy atom. The molecule has 5 rings (SSSR count). The number of nitrogens with one attached hydrogen (secondary N) is 2. The minimum Gasteiger partial charge on any atom is -0.394 e. The van der Waals surface area contributed by atoms with Crippen molar-refractivity contribution >= 4 is 23.1 Å². The first kappa shape index (κ1) is 22.5. The second kappa shape index (κ2) is 8.84. The maximum absolute atomic E-state index is 12.6.